The summed E-state index contributed by atoms with van der Waals surface area (Å²) in [5, 5.41) is 4.45. The number of aromatic nitrogens is 3. The summed E-state index contributed by atoms with van der Waals surface area (Å²) >= 11 is 0. The van der Waals surface area contributed by atoms with E-state index in [1.807, 2.05) is 35.0 Å². The average molecular weight is 298 g/mol. The van der Waals surface area contributed by atoms with Crippen molar-refractivity contribution in [2.75, 3.05) is 6.54 Å². The first kappa shape index (κ1) is 14.8. The van der Waals surface area contributed by atoms with E-state index in [9.17, 15) is 4.79 Å². The van der Waals surface area contributed by atoms with Crippen molar-refractivity contribution < 1.29 is 4.79 Å². The summed E-state index contributed by atoms with van der Waals surface area (Å²) in [5.41, 5.74) is 2.66. The quantitative estimate of drug-likeness (QED) is 0.872. The van der Waals surface area contributed by atoms with E-state index in [4.69, 9.17) is 0 Å². The minimum Gasteiger partial charge on any atom is -0.331 e. The molecule has 5 nitrogen and oxygen atoms in total. The number of carbonyl (C=O) groups excluding carboxylic acids is 1. The van der Waals surface area contributed by atoms with E-state index < -0.39 is 0 Å². The van der Waals surface area contributed by atoms with E-state index >= 15 is 0 Å². The first-order valence-electron chi connectivity index (χ1n) is 7.95. The molecule has 0 bridgehead atoms. The van der Waals surface area contributed by atoms with Crippen LogP contribution in [0.25, 0.3) is 0 Å². The molecular formula is C17H22N4O. The van der Waals surface area contributed by atoms with Gasteiger partial charge in [-0.25, -0.2) is 0 Å². The number of likely N-dealkylation sites (tertiary alicyclic amines) is 1. The van der Waals surface area contributed by atoms with Gasteiger partial charge in [0.25, 0.3) is 5.91 Å². The Kier molecular flexibility index (Phi) is 4.22. The normalized spacial score (nSPS) is 17.9. The Morgan fingerprint density at radius 2 is 2.32 bits per heavy atom. The van der Waals surface area contributed by atoms with Crippen LogP contribution in [0.2, 0.25) is 0 Å². The number of carbonyl (C=O) groups is 1. The van der Waals surface area contributed by atoms with Gasteiger partial charge >= 0.3 is 0 Å². The summed E-state index contributed by atoms with van der Waals surface area (Å²) in [4.78, 5) is 19.1. The predicted molar refractivity (Wildman–Crippen MR) is 84.5 cm³/mol. The van der Waals surface area contributed by atoms with Crippen LogP contribution in [-0.2, 0) is 6.54 Å². The summed E-state index contributed by atoms with van der Waals surface area (Å²) in [7, 11) is 0. The highest BCUT2D eigenvalue weighted by Crippen LogP contribution is 2.32. The van der Waals surface area contributed by atoms with Crippen molar-refractivity contribution >= 4 is 5.91 Å². The van der Waals surface area contributed by atoms with E-state index in [0.717, 1.165) is 49.2 Å². The number of nitrogens with zero attached hydrogens (tertiary/aromatic N) is 4. The third-order valence-electron chi connectivity index (χ3n) is 4.21. The molecule has 0 unspecified atom stereocenters. The molecule has 1 aliphatic rings. The maximum Gasteiger partial charge on any atom is 0.257 e. The van der Waals surface area contributed by atoms with Crippen molar-refractivity contribution in [3.8, 4) is 0 Å². The molecule has 1 saturated heterocycles. The number of amides is 1. The van der Waals surface area contributed by atoms with Crippen LogP contribution in [0, 0.1) is 6.92 Å². The largest absolute Gasteiger partial charge is 0.331 e. The van der Waals surface area contributed by atoms with Gasteiger partial charge in [0.15, 0.2) is 0 Å². The Labute approximate surface area is 131 Å². The van der Waals surface area contributed by atoms with Gasteiger partial charge in [0.2, 0.25) is 0 Å². The second-order valence-corrected chi connectivity index (χ2v) is 5.83. The third kappa shape index (κ3) is 2.75. The van der Waals surface area contributed by atoms with Gasteiger partial charge in [-0.2, -0.15) is 5.10 Å². The van der Waals surface area contributed by atoms with Gasteiger partial charge in [-0.05, 0) is 37.8 Å². The van der Waals surface area contributed by atoms with Gasteiger partial charge in [0.1, 0.15) is 0 Å². The highest BCUT2D eigenvalue weighted by atomic mass is 16.2. The maximum absolute atomic E-state index is 12.9. The molecule has 22 heavy (non-hydrogen) atoms. The Bertz CT molecular complexity index is 650. The summed E-state index contributed by atoms with van der Waals surface area (Å²) in [6, 6.07) is 4.12. The van der Waals surface area contributed by atoms with Crippen molar-refractivity contribution in [3.05, 3.63) is 47.5 Å². The minimum atomic E-state index is 0.0891. The number of hydrogen-bond donors (Lipinski definition) is 0. The lowest BCUT2D eigenvalue weighted by Crippen LogP contribution is -2.30. The summed E-state index contributed by atoms with van der Waals surface area (Å²) in [6.07, 6.45) is 8.57. The fourth-order valence-electron chi connectivity index (χ4n) is 3.16. The number of aryl methyl sites for hydroxylation is 2. The first-order chi connectivity index (χ1) is 10.7. The van der Waals surface area contributed by atoms with Crippen LogP contribution in [0.1, 0.15) is 53.8 Å². The van der Waals surface area contributed by atoms with Crippen LogP contribution in [-0.4, -0.2) is 32.1 Å². The Morgan fingerprint density at radius 3 is 3.05 bits per heavy atom. The molecule has 0 aromatic carbocycles. The molecule has 2 aromatic heterocycles. The van der Waals surface area contributed by atoms with Crippen molar-refractivity contribution in [1.29, 1.82) is 0 Å². The van der Waals surface area contributed by atoms with Crippen LogP contribution >= 0.6 is 0 Å². The van der Waals surface area contributed by atoms with Crippen molar-refractivity contribution in [2.24, 2.45) is 0 Å². The molecule has 0 saturated carbocycles. The lowest BCUT2D eigenvalue weighted by atomic mass is 10.1. The monoisotopic (exact) mass is 298 g/mol. The van der Waals surface area contributed by atoms with Gasteiger partial charge in [-0.3, -0.25) is 14.5 Å². The Hall–Kier alpha value is -2.17. The van der Waals surface area contributed by atoms with Crippen LogP contribution in [0.4, 0.5) is 0 Å². The van der Waals surface area contributed by atoms with E-state index in [0.29, 0.717) is 0 Å². The summed E-state index contributed by atoms with van der Waals surface area (Å²) in [5.74, 6) is 0.0891. The zero-order valence-corrected chi connectivity index (χ0v) is 13.2. The molecule has 1 atom stereocenters. The van der Waals surface area contributed by atoms with Crippen LogP contribution in [0.3, 0.4) is 0 Å². The third-order valence-corrected chi connectivity index (χ3v) is 4.21. The second-order valence-electron chi connectivity index (χ2n) is 5.83. The topological polar surface area (TPSA) is 51.0 Å². The number of rotatable bonds is 4. The highest BCUT2D eigenvalue weighted by molar-refractivity contribution is 5.95. The molecule has 1 aliphatic heterocycles. The van der Waals surface area contributed by atoms with Crippen molar-refractivity contribution in [2.45, 2.75) is 45.7 Å². The molecule has 116 valence electrons. The lowest BCUT2D eigenvalue weighted by molar-refractivity contribution is 0.0734. The molecule has 1 fully saturated rings. The van der Waals surface area contributed by atoms with E-state index in [-0.39, 0.29) is 11.9 Å². The first-order valence-corrected chi connectivity index (χ1v) is 7.95. The minimum absolute atomic E-state index is 0.0891. The smallest absolute Gasteiger partial charge is 0.257 e. The van der Waals surface area contributed by atoms with Gasteiger partial charge in [0.05, 0.1) is 17.3 Å². The molecular weight excluding hydrogens is 276 g/mol. The van der Waals surface area contributed by atoms with Crippen molar-refractivity contribution in [1.82, 2.24) is 19.7 Å². The molecule has 0 radical (unpaired) electrons. The molecule has 3 rings (SSSR count). The SMILES string of the molecule is CCCn1cc(C(=O)N2CCC[C@H]2c2cccnc2)c(C)n1. The summed E-state index contributed by atoms with van der Waals surface area (Å²) < 4.78 is 1.87. The zero-order valence-electron chi connectivity index (χ0n) is 13.2. The lowest BCUT2D eigenvalue weighted by Gasteiger charge is -2.24. The maximum atomic E-state index is 12.9. The van der Waals surface area contributed by atoms with E-state index in [2.05, 4.69) is 23.1 Å². The van der Waals surface area contributed by atoms with Gasteiger partial charge in [0, 0.05) is 31.7 Å². The van der Waals surface area contributed by atoms with Gasteiger partial charge < -0.3 is 4.90 Å². The Balaban J connectivity index is 1.85. The average Bonchev–Trinajstić information content (AvgIpc) is 3.15. The van der Waals surface area contributed by atoms with Crippen LogP contribution in [0.15, 0.2) is 30.7 Å². The molecule has 5 heteroatoms. The molecule has 2 aromatic rings. The fourth-order valence-corrected chi connectivity index (χ4v) is 3.16. The van der Waals surface area contributed by atoms with E-state index in [1.54, 1.807) is 6.20 Å². The number of pyridine rings is 1. The molecule has 1 amide bonds. The van der Waals surface area contributed by atoms with Gasteiger partial charge in [-0.15, -0.1) is 0 Å². The van der Waals surface area contributed by atoms with Gasteiger partial charge in [-0.1, -0.05) is 13.0 Å². The zero-order chi connectivity index (χ0) is 15.5. The van der Waals surface area contributed by atoms with E-state index in [1.165, 1.54) is 0 Å². The van der Waals surface area contributed by atoms with Crippen LogP contribution < -0.4 is 0 Å². The van der Waals surface area contributed by atoms with Crippen LogP contribution in [0.5, 0.6) is 0 Å². The summed E-state index contributed by atoms with van der Waals surface area (Å²) in [6.45, 7) is 5.67. The molecule has 0 N–H and O–H groups in total. The fraction of sp³-hybridized carbons (Fsp3) is 0.471. The standard InChI is InChI=1S/C17H22N4O/c1-3-9-20-12-15(13(2)19-20)17(22)21-10-5-7-16(21)14-6-4-8-18-11-14/h4,6,8,11-12,16H,3,5,7,9-10H2,1-2H3/t16-/m0/s1. The van der Waals surface area contributed by atoms with Crippen molar-refractivity contribution in [3.63, 3.8) is 0 Å². The highest BCUT2D eigenvalue weighted by Gasteiger charge is 2.32. The second kappa shape index (κ2) is 6.30. The molecule has 0 aliphatic carbocycles. The molecule has 0 spiro atoms. The molecule has 3 heterocycles. The number of hydrogen-bond acceptors (Lipinski definition) is 3. The predicted octanol–water partition coefficient (Wildman–Crippen LogP) is 2.97. The Morgan fingerprint density at radius 1 is 1.45 bits per heavy atom.